The van der Waals surface area contributed by atoms with Crippen molar-refractivity contribution in [1.82, 2.24) is 5.43 Å². The number of hydrazone groups is 1. The van der Waals surface area contributed by atoms with Crippen molar-refractivity contribution in [3.63, 3.8) is 0 Å². The van der Waals surface area contributed by atoms with E-state index in [0.717, 1.165) is 32.4 Å². The van der Waals surface area contributed by atoms with E-state index in [-0.39, 0.29) is 5.91 Å². The van der Waals surface area contributed by atoms with E-state index in [4.69, 9.17) is 11.6 Å². The summed E-state index contributed by atoms with van der Waals surface area (Å²) in [5, 5.41) is 4.81. The fraction of sp³-hybridized carbons (Fsp3) is 0.130. The molecule has 5 heteroatoms. The van der Waals surface area contributed by atoms with E-state index in [9.17, 15) is 4.79 Å². The van der Waals surface area contributed by atoms with E-state index in [2.05, 4.69) is 16.6 Å². The third-order valence-electron chi connectivity index (χ3n) is 4.23. The molecule has 0 aliphatic heterocycles. The highest BCUT2D eigenvalue weighted by Gasteiger charge is 2.05. The zero-order chi connectivity index (χ0) is 19.9. The number of thioether (sulfide) groups is 1. The van der Waals surface area contributed by atoms with Gasteiger partial charge in [-0.05, 0) is 66.9 Å². The molecule has 1 N–H and O–H groups in total. The van der Waals surface area contributed by atoms with Crippen LogP contribution < -0.4 is 5.43 Å². The number of hydrogen-bond acceptors (Lipinski definition) is 3. The third-order valence-corrected chi connectivity index (χ3v) is 5.57. The monoisotopic (exact) mass is 408 g/mol. The van der Waals surface area contributed by atoms with Crippen LogP contribution >= 0.6 is 23.4 Å². The van der Waals surface area contributed by atoms with Gasteiger partial charge in [-0.15, -0.1) is 11.8 Å². The summed E-state index contributed by atoms with van der Waals surface area (Å²) in [5.41, 5.74) is 7.63. The Bertz CT molecular complexity index is 982. The van der Waals surface area contributed by atoms with Crippen molar-refractivity contribution in [3.05, 3.63) is 99.6 Å². The van der Waals surface area contributed by atoms with Crippen LogP contribution in [0.25, 0.3) is 0 Å². The highest BCUT2D eigenvalue weighted by Crippen LogP contribution is 2.24. The zero-order valence-corrected chi connectivity index (χ0v) is 17.3. The number of aryl methyl sites for hydroxylation is 2. The van der Waals surface area contributed by atoms with Gasteiger partial charge >= 0.3 is 0 Å². The second-order valence-electron chi connectivity index (χ2n) is 6.50. The number of nitrogens with one attached hydrogen (secondary N) is 1. The predicted molar refractivity (Wildman–Crippen MR) is 118 cm³/mol. The Balaban J connectivity index is 1.54. The molecule has 0 aliphatic rings. The fourth-order valence-corrected chi connectivity index (χ4v) is 3.63. The summed E-state index contributed by atoms with van der Waals surface area (Å²) in [6.45, 7) is 4.07. The number of halogens is 1. The lowest BCUT2D eigenvalue weighted by Gasteiger charge is -2.05. The second kappa shape index (κ2) is 9.58. The summed E-state index contributed by atoms with van der Waals surface area (Å²) < 4.78 is 0. The lowest BCUT2D eigenvalue weighted by molar-refractivity contribution is 0.0955. The molecule has 0 aliphatic carbocycles. The van der Waals surface area contributed by atoms with E-state index >= 15 is 0 Å². The number of benzene rings is 3. The summed E-state index contributed by atoms with van der Waals surface area (Å²) in [7, 11) is 0. The number of carbonyl (C=O) groups is 1. The van der Waals surface area contributed by atoms with Crippen molar-refractivity contribution >= 4 is 35.5 Å². The number of hydrogen-bond donors (Lipinski definition) is 1. The van der Waals surface area contributed by atoms with E-state index in [1.165, 1.54) is 5.56 Å². The molecule has 0 heterocycles. The Hall–Kier alpha value is -2.56. The number of carbonyl (C=O) groups excluding carboxylic acids is 1. The van der Waals surface area contributed by atoms with E-state index in [1.807, 2.05) is 74.5 Å². The van der Waals surface area contributed by atoms with Crippen molar-refractivity contribution in [2.24, 2.45) is 5.10 Å². The molecular weight excluding hydrogens is 388 g/mol. The molecule has 0 bridgehead atoms. The average molecular weight is 409 g/mol. The van der Waals surface area contributed by atoms with Gasteiger partial charge in [0.05, 0.1) is 6.21 Å². The molecule has 3 aromatic rings. The van der Waals surface area contributed by atoms with Crippen molar-refractivity contribution in [3.8, 4) is 0 Å². The summed E-state index contributed by atoms with van der Waals surface area (Å²) >= 11 is 7.63. The molecule has 0 unspecified atom stereocenters. The Morgan fingerprint density at radius 3 is 2.43 bits per heavy atom. The van der Waals surface area contributed by atoms with Crippen molar-refractivity contribution < 1.29 is 4.79 Å². The minimum Gasteiger partial charge on any atom is -0.267 e. The molecule has 1 amide bonds. The molecule has 0 radical (unpaired) electrons. The second-order valence-corrected chi connectivity index (χ2v) is 7.98. The van der Waals surface area contributed by atoms with Crippen LogP contribution in [0.15, 0.2) is 76.7 Å². The molecule has 0 saturated heterocycles. The SMILES string of the molecule is Cc1ccc(/C=N\NC(=O)c2ccc(CSc3ccc(Cl)cc3)cc2)c(C)c1. The number of amides is 1. The first-order valence-corrected chi connectivity index (χ1v) is 10.3. The van der Waals surface area contributed by atoms with Crippen LogP contribution in [0.2, 0.25) is 5.02 Å². The third kappa shape index (κ3) is 5.72. The highest BCUT2D eigenvalue weighted by atomic mass is 35.5. The van der Waals surface area contributed by atoms with Crippen LogP contribution in [0.4, 0.5) is 0 Å². The number of nitrogens with zero attached hydrogens (tertiary/aromatic N) is 1. The van der Waals surface area contributed by atoms with Gasteiger partial charge in [-0.3, -0.25) is 4.79 Å². The Labute approximate surface area is 174 Å². The van der Waals surface area contributed by atoms with Crippen LogP contribution in [0.1, 0.15) is 32.6 Å². The van der Waals surface area contributed by atoms with Crippen molar-refractivity contribution in [2.45, 2.75) is 24.5 Å². The Morgan fingerprint density at radius 2 is 1.75 bits per heavy atom. The molecular formula is C23H21ClN2OS. The highest BCUT2D eigenvalue weighted by molar-refractivity contribution is 7.98. The van der Waals surface area contributed by atoms with Crippen molar-refractivity contribution in [1.29, 1.82) is 0 Å². The van der Waals surface area contributed by atoms with Crippen LogP contribution in [-0.4, -0.2) is 12.1 Å². The lowest BCUT2D eigenvalue weighted by atomic mass is 10.1. The minimum absolute atomic E-state index is 0.224. The molecule has 3 rings (SSSR count). The summed E-state index contributed by atoms with van der Waals surface area (Å²) in [6, 6.07) is 21.4. The van der Waals surface area contributed by atoms with Crippen molar-refractivity contribution in [2.75, 3.05) is 0 Å². The first-order chi connectivity index (χ1) is 13.5. The van der Waals surface area contributed by atoms with Gasteiger partial charge in [0.2, 0.25) is 0 Å². The Kier molecular flexibility index (Phi) is 6.90. The smallest absolute Gasteiger partial charge is 0.267 e. The zero-order valence-electron chi connectivity index (χ0n) is 15.8. The lowest BCUT2D eigenvalue weighted by Crippen LogP contribution is -2.17. The largest absolute Gasteiger partial charge is 0.271 e. The first kappa shape index (κ1) is 20.2. The van der Waals surface area contributed by atoms with Gasteiger partial charge in [-0.25, -0.2) is 5.43 Å². The molecule has 0 fully saturated rings. The predicted octanol–water partition coefficient (Wildman–Crippen LogP) is 6.01. The quantitative estimate of drug-likeness (QED) is 0.308. The average Bonchev–Trinajstić information content (AvgIpc) is 2.69. The fourth-order valence-electron chi connectivity index (χ4n) is 2.65. The van der Waals surface area contributed by atoms with E-state index in [1.54, 1.807) is 18.0 Å². The first-order valence-electron chi connectivity index (χ1n) is 8.89. The van der Waals surface area contributed by atoms with Crippen LogP contribution in [-0.2, 0) is 5.75 Å². The van der Waals surface area contributed by atoms with Crippen LogP contribution in [0.3, 0.4) is 0 Å². The molecule has 0 spiro atoms. The molecule has 28 heavy (non-hydrogen) atoms. The maximum atomic E-state index is 12.3. The maximum absolute atomic E-state index is 12.3. The van der Waals surface area contributed by atoms with E-state index in [0.29, 0.717) is 5.56 Å². The molecule has 3 nitrogen and oxygen atoms in total. The van der Waals surface area contributed by atoms with Gasteiger partial charge in [0.15, 0.2) is 0 Å². The van der Waals surface area contributed by atoms with Gasteiger partial charge < -0.3 is 0 Å². The van der Waals surface area contributed by atoms with Gasteiger partial charge in [0.1, 0.15) is 0 Å². The molecule has 0 aromatic heterocycles. The van der Waals surface area contributed by atoms with Gasteiger partial charge in [0.25, 0.3) is 5.91 Å². The van der Waals surface area contributed by atoms with Crippen LogP contribution in [0, 0.1) is 13.8 Å². The van der Waals surface area contributed by atoms with E-state index < -0.39 is 0 Å². The summed E-state index contributed by atoms with van der Waals surface area (Å²) in [4.78, 5) is 13.4. The molecule has 3 aromatic carbocycles. The number of rotatable bonds is 6. The normalized spacial score (nSPS) is 11.0. The van der Waals surface area contributed by atoms with Crippen LogP contribution in [0.5, 0.6) is 0 Å². The molecule has 142 valence electrons. The van der Waals surface area contributed by atoms with Gasteiger partial charge in [-0.1, -0.05) is 47.5 Å². The topological polar surface area (TPSA) is 41.5 Å². The van der Waals surface area contributed by atoms with Gasteiger partial charge in [-0.2, -0.15) is 5.10 Å². The minimum atomic E-state index is -0.224. The maximum Gasteiger partial charge on any atom is 0.271 e. The molecule has 0 saturated carbocycles. The Morgan fingerprint density at radius 1 is 1.04 bits per heavy atom. The van der Waals surface area contributed by atoms with Gasteiger partial charge in [0, 0.05) is 21.2 Å². The summed E-state index contributed by atoms with van der Waals surface area (Å²) in [6.07, 6.45) is 1.67. The summed E-state index contributed by atoms with van der Waals surface area (Å²) in [5.74, 6) is 0.604. The standard InChI is InChI=1S/C23H21ClN2OS/c1-16-3-6-20(17(2)13-16)14-25-26-23(27)19-7-4-18(5-8-19)15-28-22-11-9-21(24)10-12-22/h3-14H,15H2,1-2H3,(H,26,27)/b25-14-. The molecule has 0 atom stereocenters.